The maximum absolute atomic E-state index is 12.9. The van der Waals surface area contributed by atoms with Gasteiger partial charge in [-0.1, -0.05) is 30.3 Å². The standard InChI is InChI=1S/C17H14F6N2S/c1-10(11-5-3-2-4-6-11)24-15(26)25-14-8-12(16(18,19)20)7-13(9-14)17(21,22)23/h2-10H,1H3,(H2,24,25,26)/t10-/m1/s1. The van der Waals surface area contributed by atoms with E-state index in [-0.39, 0.29) is 17.2 Å². The topological polar surface area (TPSA) is 24.1 Å². The van der Waals surface area contributed by atoms with E-state index in [2.05, 4.69) is 10.6 Å². The van der Waals surface area contributed by atoms with Crippen molar-refractivity contribution in [3.8, 4) is 0 Å². The van der Waals surface area contributed by atoms with Crippen LogP contribution >= 0.6 is 12.2 Å². The van der Waals surface area contributed by atoms with Crippen LogP contribution in [0.25, 0.3) is 0 Å². The van der Waals surface area contributed by atoms with E-state index in [0.717, 1.165) is 5.56 Å². The molecule has 0 saturated carbocycles. The summed E-state index contributed by atoms with van der Waals surface area (Å²) in [6.45, 7) is 1.76. The number of alkyl halides is 6. The summed E-state index contributed by atoms with van der Waals surface area (Å²) in [7, 11) is 0. The molecule has 9 heteroatoms. The smallest absolute Gasteiger partial charge is 0.356 e. The van der Waals surface area contributed by atoms with Gasteiger partial charge in [-0.2, -0.15) is 26.3 Å². The van der Waals surface area contributed by atoms with Crippen LogP contribution in [0.1, 0.15) is 29.7 Å². The van der Waals surface area contributed by atoms with E-state index in [0.29, 0.717) is 12.1 Å². The van der Waals surface area contributed by atoms with Gasteiger partial charge in [0.1, 0.15) is 0 Å². The molecule has 0 unspecified atom stereocenters. The summed E-state index contributed by atoms with van der Waals surface area (Å²) in [5.41, 5.74) is -2.36. The summed E-state index contributed by atoms with van der Waals surface area (Å²) < 4.78 is 77.2. The first kappa shape index (κ1) is 20.0. The zero-order valence-corrected chi connectivity index (χ0v) is 14.2. The highest BCUT2D eigenvalue weighted by Gasteiger charge is 2.37. The van der Waals surface area contributed by atoms with Crippen molar-refractivity contribution in [3.05, 3.63) is 65.2 Å². The normalized spacial score (nSPS) is 13.2. The molecule has 2 rings (SSSR count). The number of halogens is 6. The predicted octanol–water partition coefficient (Wildman–Crippen LogP) is 5.77. The SMILES string of the molecule is C[C@@H](NC(=S)Nc1cc(C(F)(F)F)cc(C(F)(F)F)c1)c1ccccc1. The second kappa shape index (κ2) is 7.53. The number of anilines is 1. The van der Waals surface area contributed by atoms with Crippen molar-refractivity contribution in [3.63, 3.8) is 0 Å². The van der Waals surface area contributed by atoms with Crippen LogP contribution in [0.2, 0.25) is 0 Å². The molecule has 2 nitrogen and oxygen atoms in total. The molecule has 0 fully saturated rings. The van der Waals surface area contributed by atoms with E-state index in [4.69, 9.17) is 12.2 Å². The average molecular weight is 392 g/mol. The van der Waals surface area contributed by atoms with Crippen molar-refractivity contribution in [1.82, 2.24) is 5.32 Å². The monoisotopic (exact) mass is 392 g/mol. The van der Waals surface area contributed by atoms with Crippen LogP contribution in [0.5, 0.6) is 0 Å². The first-order chi connectivity index (χ1) is 12.0. The van der Waals surface area contributed by atoms with Gasteiger partial charge in [-0.25, -0.2) is 0 Å². The Morgan fingerprint density at radius 3 is 1.85 bits per heavy atom. The molecule has 2 aromatic rings. The lowest BCUT2D eigenvalue weighted by Crippen LogP contribution is -2.31. The summed E-state index contributed by atoms with van der Waals surface area (Å²) in [5, 5.41) is 5.12. The molecule has 0 spiro atoms. The lowest BCUT2D eigenvalue weighted by Gasteiger charge is -2.19. The van der Waals surface area contributed by atoms with Crippen molar-refractivity contribution in [2.75, 3.05) is 5.32 Å². The van der Waals surface area contributed by atoms with E-state index in [1.807, 2.05) is 18.2 Å². The molecule has 0 aliphatic rings. The Morgan fingerprint density at radius 1 is 0.885 bits per heavy atom. The molecule has 0 heterocycles. The van der Waals surface area contributed by atoms with Gasteiger partial charge in [0, 0.05) is 5.69 Å². The van der Waals surface area contributed by atoms with Crippen LogP contribution in [-0.2, 0) is 12.4 Å². The van der Waals surface area contributed by atoms with Crippen LogP contribution in [0.3, 0.4) is 0 Å². The zero-order chi connectivity index (χ0) is 19.5. The fourth-order valence-corrected chi connectivity index (χ4v) is 2.51. The van der Waals surface area contributed by atoms with Gasteiger partial charge in [-0.15, -0.1) is 0 Å². The van der Waals surface area contributed by atoms with Crippen molar-refractivity contribution >= 4 is 23.0 Å². The minimum atomic E-state index is -4.91. The fourth-order valence-electron chi connectivity index (χ4n) is 2.22. The van der Waals surface area contributed by atoms with E-state index < -0.39 is 29.2 Å². The summed E-state index contributed by atoms with van der Waals surface area (Å²) in [6, 6.07) is 9.97. The molecule has 0 aliphatic heterocycles. The van der Waals surface area contributed by atoms with Crippen LogP contribution in [0.4, 0.5) is 32.0 Å². The maximum Gasteiger partial charge on any atom is 0.416 e. The molecule has 1 atom stereocenters. The third-order valence-electron chi connectivity index (χ3n) is 3.49. The third-order valence-corrected chi connectivity index (χ3v) is 3.71. The van der Waals surface area contributed by atoms with Gasteiger partial charge in [0.25, 0.3) is 0 Å². The largest absolute Gasteiger partial charge is 0.416 e. The Labute approximate surface area is 151 Å². The predicted molar refractivity (Wildman–Crippen MR) is 90.7 cm³/mol. The minimum Gasteiger partial charge on any atom is -0.356 e. The van der Waals surface area contributed by atoms with Crippen LogP contribution in [-0.4, -0.2) is 5.11 Å². The number of thiocarbonyl (C=S) groups is 1. The van der Waals surface area contributed by atoms with Crippen molar-refractivity contribution in [1.29, 1.82) is 0 Å². The second-order valence-corrected chi connectivity index (χ2v) is 5.93. The maximum atomic E-state index is 12.9. The fraction of sp³-hybridized carbons (Fsp3) is 0.235. The van der Waals surface area contributed by atoms with E-state index >= 15 is 0 Å². The van der Waals surface area contributed by atoms with E-state index in [1.165, 1.54) is 0 Å². The molecule has 26 heavy (non-hydrogen) atoms. The molecule has 2 N–H and O–H groups in total. The van der Waals surface area contributed by atoms with Gasteiger partial charge in [-0.3, -0.25) is 0 Å². The van der Waals surface area contributed by atoms with E-state index in [1.54, 1.807) is 19.1 Å². The number of hydrogen-bond donors (Lipinski definition) is 2. The van der Waals surface area contributed by atoms with Crippen LogP contribution in [0.15, 0.2) is 48.5 Å². The van der Waals surface area contributed by atoms with Gasteiger partial charge in [-0.05, 0) is 42.9 Å². The summed E-state index contributed by atoms with van der Waals surface area (Å²) in [4.78, 5) is 0. The number of nitrogens with one attached hydrogen (secondary N) is 2. The molecule has 0 saturated heterocycles. The number of rotatable bonds is 3. The Hall–Kier alpha value is -2.29. The van der Waals surface area contributed by atoms with Crippen LogP contribution < -0.4 is 10.6 Å². The van der Waals surface area contributed by atoms with Gasteiger partial charge >= 0.3 is 12.4 Å². The quantitative estimate of drug-likeness (QED) is 0.512. The van der Waals surface area contributed by atoms with Crippen molar-refractivity contribution in [2.24, 2.45) is 0 Å². The molecular weight excluding hydrogens is 378 g/mol. The van der Waals surface area contributed by atoms with Gasteiger partial charge in [0.15, 0.2) is 5.11 Å². The first-order valence-electron chi connectivity index (χ1n) is 7.39. The molecule has 2 aromatic carbocycles. The lowest BCUT2D eigenvalue weighted by atomic mass is 10.1. The highest BCUT2D eigenvalue weighted by Crippen LogP contribution is 2.37. The number of hydrogen-bond acceptors (Lipinski definition) is 1. The van der Waals surface area contributed by atoms with Gasteiger partial charge < -0.3 is 10.6 Å². The second-order valence-electron chi connectivity index (χ2n) is 5.53. The molecule has 0 radical (unpaired) electrons. The number of benzene rings is 2. The zero-order valence-electron chi connectivity index (χ0n) is 13.4. The van der Waals surface area contributed by atoms with Gasteiger partial charge in [0.05, 0.1) is 17.2 Å². The highest BCUT2D eigenvalue weighted by atomic mass is 32.1. The molecular formula is C17H14F6N2S. The van der Waals surface area contributed by atoms with E-state index in [9.17, 15) is 26.3 Å². The Kier molecular flexibility index (Phi) is 5.80. The molecule has 140 valence electrons. The minimum absolute atomic E-state index is 0.0637. The first-order valence-corrected chi connectivity index (χ1v) is 7.79. The third kappa shape index (κ3) is 5.35. The summed E-state index contributed by atoms with van der Waals surface area (Å²) in [6.07, 6.45) is -9.83. The average Bonchev–Trinajstić information content (AvgIpc) is 2.53. The molecule has 0 amide bonds. The Balaban J connectivity index is 2.21. The molecule has 0 bridgehead atoms. The Morgan fingerprint density at radius 2 is 1.38 bits per heavy atom. The van der Waals surface area contributed by atoms with Crippen LogP contribution in [0, 0.1) is 0 Å². The van der Waals surface area contributed by atoms with Gasteiger partial charge in [0.2, 0.25) is 0 Å². The molecule has 0 aromatic heterocycles. The highest BCUT2D eigenvalue weighted by molar-refractivity contribution is 7.80. The lowest BCUT2D eigenvalue weighted by molar-refractivity contribution is -0.143. The summed E-state index contributed by atoms with van der Waals surface area (Å²) in [5.74, 6) is 0. The molecule has 0 aliphatic carbocycles. The van der Waals surface area contributed by atoms with Crippen molar-refractivity contribution < 1.29 is 26.3 Å². The Bertz CT molecular complexity index is 739. The van der Waals surface area contributed by atoms with Crippen molar-refractivity contribution in [2.45, 2.75) is 25.3 Å². The summed E-state index contributed by atoms with van der Waals surface area (Å²) >= 11 is 5.00.